The van der Waals surface area contributed by atoms with Gasteiger partial charge in [-0.3, -0.25) is 14.5 Å². The molecule has 1 aliphatic rings. The molecule has 0 saturated carbocycles. The maximum atomic E-state index is 13.4. The third-order valence-electron chi connectivity index (χ3n) is 8.11. The van der Waals surface area contributed by atoms with Crippen molar-refractivity contribution >= 4 is 23.1 Å². The molecular formula is C36H36F3N3O2. The zero-order chi connectivity index (χ0) is 31.3. The van der Waals surface area contributed by atoms with Crippen LogP contribution < -0.4 is 10.2 Å². The van der Waals surface area contributed by atoms with Crippen molar-refractivity contribution in [1.82, 2.24) is 4.90 Å². The number of hydrogen-bond donors (Lipinski definition) is 1. The lowest BCUT2D eigenvalue weighted by molar-refractivity contribution is -0.137. The highest BCUT2D eigenvalue weighted by atomic mass is 19.4. The number of rotatable bonds is 9. The van der Waals surface area contributed by atoms with Crippen LogP contribution in [0.3, 0.4) is 0 Å². The molecule has 1 fully saturated rings. The summed E-state index contributed by atoms with van der Waals surface area (Å²) in [6, 6.07) is 27.4. The number of nitrogens with zero attached hydrogens (tertiary/aromatic N) is 2. The van der Waals surface area contributed by atoms with Crippen LogP contribution in [0.1, 0.15) is 52.9 Å². The van der Waals surface area contributed by atoms with Crippen LogP contribution in [0.4, 0.5) is 24.5 Å². The summed E-state index contributed by atoms with van der Waals surface area (Å²) in [5.74, 6) is -0.0864. The summed E-state index contributed by atoms with van der Waals surface area (Å²) >= 11 is 0. The number of carbonyl (C=O) groups is 2. The molecule has 0 bridgehead atoms. The quantitative estimate of drug-likeness (QED) is 0.211. The maximum Gasteiger partial charge on any atom is 0.416 e. The Morgan fingerprint density at radius 1 is 0.841 bits per heavy atom. The van der Waals surface area contributed by atoms with Crippen molar-refractivity contribution < 1.29 is 22.8 Å². The number of hydrogen-bond acceptors (Lipinski definition) is 4. The van der Waals surface area contributed by atoms with Crippen LogP contribution in [0.15, 0.2) is 97.1 Å². The van der Waals surface area contributed by atoms with Crippen molar-refractivity contribution in [3.8, 4) is 11.1 Å². The monoisotopic (exact) mass is 599 g/mol. The SMILES string of the molecule is CCCC(=O)C(c1ccccc1)N1CCN(c2ccc(NC(=O)c3ccccc3-c3ccc(C(F)(F)F)cc3)c(C)c2)CC1. The molecule has 0 spiro atoms. The van der Waals surface area contributed by atoms with Gasteiger partial charge in [-0.05, 0) is 72.0 Å². The molecule has 1 atom stereocenters. The highest BCUT2D eigenvalue weighted by molar-refractivity contribution is 6.09. The fraction of sp³-hybridized carbons (Fsp3) is 0.278. The number of benzene rings is 4. The van der Waals surface area contributed by atoms with Crippen LogP contribution in [-0.2, 0) is 11.0 Å². The fourth-order valence-electron chi connectivity index (χ4n) is 5.80. The lowest BCUT2D eigenvalue weighted by Crippen LogP contribution is -2.49. The van der Waals surface area contributed by atoms with E-state index in [9.17, 15) is 22.8 Å². The van der Waals surface area contributed by atoms with Gasteiger partial charge in [0.15, 0.2) is 5.78 Å². The molecule has 1 heterocycles. The van der Waals surface area contributed by atoms with Gasteiger partial charge in [0.25, 0.3) is 5.91 Å². The van der Waals surface area contributed by atoms with Gasteiger partial charge in [-0.1, -0.05) is 67.6 Å². The number of halogens is 3. The fourth-order valence-corrected chi connectivity index (χ4v) is 5.80. The third kappa shape index (κ3) is 7.03. The van der Waals surface area contributed by atoms with Gasteiger partial charge in [0.1, 0.15) is 0 Å². The number of carbonyl (C=O) groups excluding carboxylic acids is 2. The smallest absolute Gasteiger partial charge is 0.369 e. The zero-order valence-corrected chi connectivity index (χ0v) is 24.9. The minimum atomic E-state index is -4.43. The number of amides is 1. The van der Waals surface area contributed by atoms with Crippen molar-refractivity contribution in [2.24, 2.45) is 0 Å². The lowest BCUT2D eigenvalue weighted by Gasteiger charge is -2.40. The minimum Gasteiger partial charge on any atom is -0.369 e. The predicted molar refractivity (Wildman–Crippen MR) is 169 cm³/mol. The Balaban J connectivity index is 1.26. The summed E-state index contributed by atoms with van der Waals surface area (Å²) in [6.07, 6.45) is -3.04. The third-order valence-corrected chi connectivity index (χ3v) is 8.11. The van der Waals surface area contributed by atoms with E-state index in [0.717, 1.165) is 61.5 Å². The van der Waals surface area contributed by atoms with E-state index in [1.165, 1.54) is 12.1 Å². The highest BCUT2D eigenvalue weighted by Gasteiger charge is 2.31. The predicted octanol–water partition coefficient (Wildman–Crippen LogP) is 8.17. The van der Waals surface area contributed by atoms with E-state index in [0.29, 0.717) is 28.8 Å². The highest BCUT2D eigenvalue weighted by Crippen LogP contribution is 2.33. The molecule has 44 heavy (non-hydrogen) atoms. The Morgan fingerprint density at radius 2 is 1.50 bits per heavy atom. The summed E-state index contributed by atoms with van der Waals surface area (Å²) in [5, 5.41) is 2.98. The average Bonchev–Trinajstić information content (AvgIpc) is 3.03. The van der Waals surface area contributed by atoms with Crippen molar-refractivity contribution in [3.05, 3.63) is 119 Å². The molecule has 5 rings (SSSR count). The van der Waals surface area contributed by atoms with Crippen molar-refractivity contribution in [1.29, 1.82) is 0 Å². The lowest BCUT2D eigenvalue weighted by atomic mass is 9.97. The zero-order valence-electron chi connectivity index (χ0n) is 24.9. The van der Waals surface area contributed by atoms with Gasteiger partial charge in [-0.15, -0.1) is 0 Å². The Hall–Kier alpha value is -4.43. The number of alkyl halides is 3. The first kappa shape index (κ1) is 31.0. The number of aryl methyl sites for hydroxylation is 1. The Labute approximate surface area is 256 Å². The van der Waals surface area contributed by atoms with Gasteiger partial charge in [0, 0.05) is 49.5 Å². The molecule has 8 heteroatoms. The first-order chi connectivity index (χ1) is 21.2. The molecule has 1 amide bonds. The van der Waals surface area contributed by atoms with Crippen molar-refractivity contribution in [2.75, 3.05) is 36.4 Å². The van der Waals surface area contributed by atoms with Gasteiger partial charge < -0.3 is 10.2 Å². The molecule has 228 valence electrons. The van der Waals surface area contributed by atoms with Crippen LogP contribution in [0.2, 0.25) is 0 Å². The summed E-state index contributed by atoms with van der Waals surface area (Å²) in [4.78, 5) is 31.0. The number of ketones is 1. The Kier molecular flexibility index (Phi) is 9.49. The molecule has 0 aromatic heterocycles. The van der Waals surface area contributed by atoms with Crippen LogP contribution in [0.25, 0.3) is 11.1 Å². The van der Waals surface area contributed by atoms with Crippen LogP contribution in [0, 0.1) is 6.92 Å². The van der Waals surface area contributed by atoms with Crippen molar-refractivity contribution in [3.63, 3.8) is 0 Å². The second kappa shape index (κ2) is 13.5. The van der Waals surface area contributed by atoms with E-state index in [2.05, 4.69) is 15.1 Å². The number of nitrogens with one attached hydrogen (secondary N) is 1. The van der Waals surface area contributed by atoms with Gasteiger partial charge in [-0.25, -0.2) is 0 Å². The molecule has 5 nitrogen and oxygen atoms in total. The maximum absolute atomic E-state index is 13.4. The molecule has 0 radical (unpaired) electrons. The second-order valence-electron chi connectivity index (χ2n) is 11.1. The summed E-state index contributed by atoms with van der Waals surface area (Å²) in [5.41, 5.74) is 4.35. The average molecular weight is 600 g/mol. The van der Waals surface area contributed by atoms with Crippen LogP contribution in [0.5, 0.6) is 0 Å². The molecule has 1 N–H and O–H groups in total. The second-order valence-corrected chi connectivity index (χ2v) is 11.1. The first-order valence-electron chi connectivity index (χ1n) is 14.9. The van der Waals surface area contributed by atoms with Gasteiger partial charge >= 0.3 is 6.18 Å². The minimum absolute atomic E-state index is 0.233. The number of piperazine rings is 1. The largest absolute Gasteiger partial charge is 0.416 e. The van der Waals surface area contributed by atoms with E-state index < -0.39 is 11.7 Å². The molecule has 4 aromatic rings. The Bertz CT molecular complexity index is 1600. The van der Waals surface area contributed by atoms with Gasteiger partial charge in [0.2, 0.25) is 0 Å². The summed E-state index contributed by atoms with van der Waals surface area (Å²) in [6.45, 7) is 7.03. The molecule has 4 aromatic carbocycles. The standard InChI is InChI=1S/C36H36F3N3O2/c1-3-9-33(43)34(27-10-5-4-6-11-27)42-22-20-41(21-23-42)29-18-19-32(25(2)24-29)40-35(44)31-13-8-7-12-30(31)26-14-16-28(17-15-26)36(37,38)39/h4-8,10-19,24,34H,3,9,20-23H2,1-2H3,(H,40,44). The van der Waals surface area contributed by atoms with E-state index >= 15 is 0 Å². The van der Waals surface area contributed by atoms with E-state index in [-0.39, 0.29) is 17.7 Å². The molecule has 1 saturated heterocycles. The van der Waals surface area contributed by atoms with E-state index in [4.69, 9.17) is 0 Å². The summed E-state index contributed by atoms with van der Waals surface area (Å²) < 4.78 is 39.1. The van der Waals surface area contributed by atoms with Gasteiger partial charge in [-0.2, -0.15) is 13.2 Å². The van der Waals surface area contributed by atoms with Crippen LogP contribution in [-0.4, -0.2) is 42.8 Å². The Morgan fingerprint density at radius 3 is 2.14 bits per heavy atom. The van der Waals surface area contributed by atoms with E-state index in [1.807, 2.05) is 62.4 Å². The van der Waals surface area contributed by atoms with Crippen molar-refractivity contribution in [2.45, 2.75) is 38.9 Å². The topological polar surface area (TPSA) is 52.7 Å². The molecule has 0 aliphatic carbocycles. The summed E-state index contributed by atoms with van der Waals surface area (Å²) in [7, 11) is 0. The van der Waals surface area contributed by atoms with Crippen LogP contribution >= 0.6 is 0 Å². The normalized spacial score (nSPS) is 14.7. The van der Waals surface area contributed by atoms with Gasteiger partial charge in [0.05, 0.1) is 11.6 Å². The first-order valence-corrected chi connectivity index (χ1v) is 14.9. The molecule has 1 unspecified atom stereocenters. The molecular weight excluding hydrogens is 563 g/mol. The number of anilines is 2. The number of Topliss-reactive ketones (excluding diaryl/α,β-unsaturated/α-hetero) is 1. The van der Waals surface area contributed by atoms with E-state index in [1.54, 1.807) is 24.3 Å². The molecule has 1 aliphatic heterocycles.